The Kier molecular flexibility index (Phi) is 4.92. The van der Waals surface area contributed by atoms with Gasteiger partial charge in [-0.3, -0.25) is 9.78 Å². The molecule has 0 atom stereocenters. The minimum atomic E-state index is -0.245. The summed E-state index contributed by atoms with van der Waals surface area (Å²) in [5.74, 6) is -0.245. The predicted octanol–water partition coefficient (Wildman–Crippen LogP) is 4.80. The molecule has 1 amide bonds. The average Bonchev–Trinajstić information content (AvgIpc) is 3.00. The second kappa shape index (κ2) is 7.11. The summed E-state index contributed by atoms with van der Waals surface area (Å²) in [7, 11) is 0. The quantitative estimate of drug-likeness (QED) is 0.538. The van der Waals surface area contributed by atoms with Gasteiger partial charge in [-0.2, -0.15) is 5.10 Å². The van der Waals surface area contributed by atoms with Gasteiger partial charge < -0.3 is 0 Å². The number of carbonyl (C=O) groups excluding carboxylic acids is 1. The molecule has 1 N–H and O–H groups in total. The Labute approximate surface area is 149 Å². The number of benzene rings is 1. The maximum absolute atomic E-state index is 12.6. The molecular formula is C18H16ClN3OS. The van der Waals surface area contributed by atoms with Crippen molar-refractivity contribution in [3.05, 3.63) is 62.9 Å². The molecule has 2 aromatic heterocycles. The number of rotatable bonds is 4. The van der Waals surface area contributed by atoms with Gasteiger partial charge in [-0.15, -0.1) is 11.3 Å². The fourth-order valence-corrected chi connectivity index (χ4v) is 3.55. The van der Waals surface area contributed by atoms with Gasteiger partial charge >= 0.3 is 0 Å². The van der Waals surface area contributed by atoms with Crippen molar-refractivity contribution in [1.82, 2.24) is 10.4 Å². The number of aromatic nitrogens is 1. The lowest BCUT2D eigenvalue weighted by molar-refractivity contribution is 0.0956. The number of halogens is 1. The van der Waals surface area contributed by atoms with Gasteiger partial charge in [0.05, 0.1) is 26.0 Å². The van der Waals surface area contributed by atoms with Gasteiger partial charge in [0.25, 0.3) is 5.91 Å². The Morgan fingerprint density at radius 1 is 1.29 bits per heavy atom. The molecule has 6 heteroatoms. The fourth-order valence-electron chi connectivity index (χ4n) is 2.45. The Balaban J connectivity index is 1.91. The molecule has 4 nitrogen and oxygen atoms in total. The normalized spacial score (nSPS) is 11.7. The number of nitrogens with zero attached hydrogens (tertiary/aromatic N) is 2. The number of amides is 1. The van der Waals surface area contributed by atoms with E-state index >= 15 is 0 Å². The number of fused-ring (bicyclic) bond motifs is 1. The topological polar surface area (TPSA) is 54.4 Å². The minimum Gasteiger partial charge on any atom is -0.267 e. The molecule has 0 aliphatic rings. The van der Waals surface area contributed by atoms with E-state index < -0.39 is 0 Å². The molecule has 0 fully saturated rings. The number of aryl methyl sites for hydroxylation is 1. The van der Waals surface area contributed by atoms with Gasteiger partial charge in [0.15, 0.2) is 0 Å². The van der Waals surface area contributed by atoms with Crippen molar-refractivity contribution in [2.75, 3.05) is 0 Å². The molecule has 0 bridgehead atoms. The van der Waals surface area contributed by atoms with Crippen molar-refractivity contribution >= 4 is 45.5 Å². The molecule has 0 saturated heterocycles. The summed E-state index contributed by atoms with van der Waals surface area (Å²) in [6.45, 7) is 3.86. The first-order valence-electron chi connectivity index (χ1n) is 7.57. The van der Waals surface area contributed by atoms with Crippen LogP contribution in [0.5, 0.6) is 0 Å². The Morgan fingerprint density at radius 2 is 2.08 bits per heavy atom. The lowest BCUT2D eigenvalue weighted by Crippen LogP contribution is -2.20. The second-order valence-corrected chi connectivity index (χ2v) is 7.00. The van der Waals surface area contributed by atoms with Crippen molar-refractivity contribution in [3.8, 4) is 0 Å². The standard InChI is InChI=1S/C18H16ClN3OS/c1-3-14(16-8-9-17(19)24-16)21-22-18(23)13-10-11(2)20-15-7-5-4-6-12(13)15/h4-10H,3H2,1-2H3,(H,22,23)/b21-14-. The zero-order valence-corrected chi connectivity index (χ0v) is 14.9. The van der Waals surface area contributed by atoms with Crippen LogP contribution in [0, 0.1) is 6.92 Å². The van der Waals surface area contributed by atoms with Crippen LogP contribution in [-0.4, -0.2) is 16.6 Å². The van der Waals surface area contributed by atoms with Crippen LogP contribution >= 0.6 is 22.9 Å². The summed E-state index contributed by atoms with van der Waals surface area (Å²) >= 11 is 7.42. The molecule has 24 heavy (non-hydrogen) atoms. The monoisotopic (exact) mass is 357 g/mol. The van der Waals surface area contributed by atoms with E-state index in [-0.39, 0.29) is 5.91 Å². The molecule has 1 aromatic carbocycles. The lowest BCUT2D eigenvalue weighted by atomic mass is 10.1. The fraction of sp³-hybridized carbons (Fsp3) is 0.167. The van der Waals surface area contributed by atoms with Crippen LogP contribution in [0.1, 0.15) is 34.3 Å². The van der Waals surface area contributed by atoms with Crippen molar-refractivity contribution in [2.45, 2.75) is 20.3 Å². The zero-order valence-electron chi connectivity index (χ0n) is 13.3. The number of carbonyl (C=O) groups is 1. The van der Waals surface area contributed by atoms with E-state index in [0.29, 0.717) is 16.3 Å². The number of thiophene rings is 1. The van der Waals surface area contributed by atoms with E-state index in [9.17, 15) is 4.79 Å². The first kappa shape index (κ1) is 16.6. The zero-order chi connectivity index (χ0) is 17.1. The third-order valence-electron chi connectivity index (χ3n) is 3.57. The number of hydrogen-bond acceptors (Lipinski definition) is 4. The van der Waals surface area contributed by atoms with Crippen LogP contribution in [0.15, 0.2) is 47.6 Å². The molecule has 0 unspecified atom stereocenters. The van der Waals surface area contributed by atoms with Gasteiger partial charge in [0.1, 0.15) is 0 Å². The number of hydrogen-bond donors (Lipinski definition) is 1. The maximum Gasteiger partial charge on any atom is 0.272 e. The highest BCUT2D eigenvalue weighted by Gasteiger charge is 2.12. The summed E-state index contributed by atoms with van der Waals surface area (Å²) < 4.78 is 0.702. The van der Waals surface area contributed by atoms with Gasteiger partial charge in [-0.25, -0.2) is 5.43 Å². The molecule has 3 aromatic rings. The molecule has 122 valence electrons. The predicted molar refractivity (Wildman–Crippen MR) is 100 cm³/mol. The number of pyridine rings is 1. The van der Waals surface area contributed by atoms with Crippen LogP contribution in [-0.2, 0) is 0 Å². The molecule has 0 spiro atoms. The van der Waals surface area contributed by atoms with E-state index in [0.717, 1.165) is 27.2 Å². The highest BCUT2D eigenvalue weighted by Crippen LogP contribution is 2.23. The van der Waals surface area contributed by atoms with Crippen molar-refractivity contribution in [1.29, 1.82) is 0 Å². The number of para-hydroxylation sites is 1. The van der Waals surface area contributed by atoms with Gasteiger partial charge in [-0.1, -0.05) is 36.7 Å². The first-order valence-corrected chi connectivity index (χ1v) is 8.77. The third kappa shape index (κ3) is 3.47. The molecular weight excluding hydrogens is 342 g/mol. The molecule has 3 rings (SSSR count). The van der Waals surface area contributed by atoms with Crippen LogP contribution in [0.2, 0.25) is 4.34 Å². The Morgan fingerprint density at radius 3 is 2.79 bits per heavy atom. The first-order chi connectivity index (χ1) is 11.6. The lowest BCUT2D eigenvalue weighted by Gasteiger charge is -2.07. The highest BCUT2D eigenvalue weighted by atomic mass is 35.5. The van der Waals surface area contributed by atoms with E-state index in [1.807, 2.05) is 50.2 Å². The summed E-state index contributed by atoms with van der Waals surface area (Å²) in [6, 6.07) is 13.1. The molecule has 0 aliphatic carbocycles. The van der Waals surface area contributed by atoms with Crippen LogP contribution < -0.4 is 5.43 Å². The Hall–Kier alpha value is -2.24. The summed E-state index contributed by atoms with van der Waals surface area (Å²) in [5.41, 5.74) is 5.63. The van der Waals surface area contributed by atoms with E-state index in [1.54, 1.807) is 6.07 Å². The van der Waals surface area contributed by atoms with E-state index in [4.69, 9.17) is 11.6 Å². The minimum absolute atomic E-state index is 0.245. The van der Waals surface area contributed by atoms with E-state index in [1.165, 1.54) is 11.3 Å². The summed E-state index contributed by atoms with van der Waals surface area (Å²) in [5, 5.41) is 5.10. The second-order valence-electron chi connectivity index (χ2n) is 5.29. The van der Waals surface area contributed by atoms with Crippen molar-refractivity contribution in [3.63, 3.8) is 0 Å². The summed E-state index contributed by atoms with van der Waals surface area (Å²) in [6.07, 6.45) is 0.702. The smallest absolute Gasteiger partial charge is 0.267 e. The number of nitrogens with one attached hydrogen (secondary N) is 1. The van der Waals surface area contributed by atoms with Gasteiger partial charge in [-0.05, 0) is 37.6 Å². The summed E-state index contributed by atoms with van der Waals surface area (Å²) in [4.78, 5) is 18.0. The molecule has 2 heterocycles. The maximum atomic E-state index is 12.6. The van der Waals surface area contributed by atoms with Crippen LogP contribution in [0.3, 0.4) is 0 Å². The van der Waals surface area contributed by atoms with Crippen molar-refractivity contribution in [2.24, 2.45) is 5.10 Å². The molecule has 0 aliphatic heterocycles. The average molecular weight is 358 g/mol. The molecule has 0 radical (unpaired) electrons. The van der Waals surface area contributed by atoms with Gasteiger partial charge in [0, 0.05) is 11.1 Å². The SMILES string of the molecule is CC/C(=N/NC(=O)c1cc(C)nc2ccccc12)c1ccc(Cl)s1. The largest absolute Gasteiger partial charge is 0.272 e. The van der Waals surface area contributed by atoms with E-state index in [2.05, 4.69) is 15.5 Å². The number of hydrazone groups is 1. The van der Waals surface area contributed by atoms with Gasteiger partial charge in [0.2, 0.25) is 0 Å². The Bertz CT molecular complexity index is 933. The molecule has 0 saturated carbocycles. The van der Waals surface area contributed by atoms with Crippen molar-refractivity contribution < 1.29 is 4.79 Å². The third-order valence-corrected chi connectivity index (χ3v) is 4.85. The van der Waals surface area contributed by atoms with Crippen LogP contribution in [0.25, 0.3) is 10.9 Å². The highest BCUT2D eigenvalue weighted by molar-refractivity contribution is 7.18. The van der Waals surface area contributed by atoms with Crippen LogP contribution in [0.4, 0.5) is 0 Å².